The average Bonchev–Trinajstić information content (AvgIpc) is 3.52. The number of phenols is 1. The lowest BCUT2D eigenvalue weighted by Gasteiger charge is -2.55. The summed E-state index contributed by atoms with van der Waals surface area (Å²) in [6.45, 7) is 6.67. The topological polar surface area (TPSA) is 97.3 Å². The van der Waals surface area contributed by atoms with Crippen LogP contribution >= 0.6 is 11.3 Å². The molecule has 2 saturated heterocycles. The molecule has 0 saturated carbocycles. The lowest BCUT2D eigenvalue weighted by Crippen LogP contribution is -2.75. The van der Waals surface area contributed by atoms with Gasteiger partial charge in [-0.2, -0.15) is 0 Å². The molecular weight excluding hydrogens is 574 g/mol. The number of aryl methyl sites for hydroxylation is 2. The van der Waals surface area contributed by atoms with E-state index in [9.17, 15) is 19.5 Å². The van der Waals surface area contributed by atoms with Crippen molar-refractivity contribution in [3.63, 3.8) is 0 Å². The molecule has 10 heteroatoms. The Balaban J connectivity index is 1.37. The lowest BCUT2D eigenvalue weighted by molar-refractivity contribution is -0.205. The Kier molecular flexibility index (Phi) is 8.45. The minimum absolute atomic E-state index is 0.0314. The molecule has 3 aromatic carbocycles. The largest absolute Gasteiger partial charge is 0.508 e. The van der Waals surface area contributed by atoms with Crippen molar-refractivity contribution in [1.29, 1.82) is 0 Å². The second kappa shape index (κ2) is 12.6. The number of carbonyl (C=O) groups excluding carboxylic acids is 3. The number of phenolic OH excluding ortho intramolecular Hbond substituents is 1. The van der Waals surface area contributed by atoms with Gasteiger partial charge in [0.25, 0.3) is 0 Å². The van der Waals surface area contributed by atoms with Crippen molar-refractivity contribution in [2.45, 2.75) is 44.9 Å². The number of benzene rings is 3. The fourth-order valence-electron chi connectivity index (χ4n) is 6.24. The predicted molar refractivity (Wildman–Crippen MR) is 169 cm³/mol. The average molecular weight is 610 g/mol. The summed E-state index contributed by atoms with van der Waals surface area (Å²) in [5.74, 6) is -0.384. The van der Waals surface area contributed by atoms with Gasteiger partial charge in [-0.15, -0.1) is 17.9 Å². The SMILES string of the molecule is C=CCN1CC(=O)N2[C@@H](Cc3ccc(O)cc3)C(=O)N(Cc3ccc(C)c4scnc34)C[C@@H]2N1C(=O)CCc1ccccc1. The predicted octanol–water partition coefficient (Wildman–Crippen LogP) is 4.30. The van der Waals surface area contributed by atoms with Gasteiger partial charge in [0.05, 0.1) is 28.8 Å². The third-order valence-corrected chi connectivity index (χ3v) is 9.35. The standard InChI is InChI=1S/C34H35N5O4S/c1-3-17-37-21-31(42)38-28(18-25-10-14-27(40)15-11-25)34(43)36(19-26-13-9-23(2)33-32(26)35-22-44-33)20-29(38)39(37)30(41)16-12-24-7-5-4-6-8-24/h3-11,13-15,22,28-29,40H,1,12,16-21H2,2H3/t28-,29-/m0/s1. The Morgan fingerprint density at radius 3 is 2.59 bits per heavy atom. The molecule has 1 aromatic heterocycles. The molecule has 226 valence electrons. The molecule has 0 unspecified atom stereocenters. The molecular formula is C34H35N5O4S. The van der Waals surface area contributed by atoms with Crippen molar-refractivity contribution in [2.24, 2.45) is 0 Å². The molecule has 1 N–H and O–H groups in total. The Morgan fingerprint density at radius 2 is 1.84 bits per heavy atom. The third kappa shape index (κ3) is 5.82. The molecule has 0 radical (unpaired) electrons. The molecule has 4 aromatic rings. The first-order chi connectivity index (χ1) is 21.3. The number of aromatic nitrogens is 1. The molecule has 6 rings (SSSR count). The lowest BCUT2D eigenvalue weighted by atomic mass is 9.97. The van der Waals surface area contributed by atoms with Gasteiger partial charge in [0, 0.05) is 25.9 Å². The normalized spacial score (nSPS) is 19.0. The highest BCUT2D eigenvalue weighted by atomic mass is 32.1. The van der Waals surface area contributed by atoms with Crippen LogP contribution in [0.5, 0.6) is 5.75 Å². The summed E-state index contributed by atoms with van der Waals surface area (Å²) in [5.41, 5.74) is 6.59. The number of carbonyl (C=O) groups is 3. The van der Waals surface area contributed by atoms with E-state index in [1.54, 1.807) is 61.5 Å². The maximum absolute atomic E-state index is 14.3. The van der Waals surface area contributed by atoms with Gasteiger partial charge >= 0.3 is 0 Å². The molecule has 0 aliphatic carbocycles. The van der Waals surface area contributed by atoms with Crippen molar-refractivity contribution in [3.05, 3.63) is 107 Å². The monoisotopic (exact) mass is 609 g/mol. The van der Waals surface area contributed by atoms with Crippen molar-refractivity contribution in [1.82, 2.24) is 24.8 Å². The molecule has 9 nitrogen and oxygen atoms in total. The van der Waals surface area contributed by atoms with Crippen molar-refractivity contribution < 1.29 is 19.5 Å². The van der Waals surface area contributed by atoms with Gasteiger partial charge < -0.3 is 14.9 Å². The van der Waals surface area contributed by atoms with E-state index >= 15 is 0 Å². The number of amides is 3. The highest BCUT2D eigenvalue weighted by Gasteiger charge is 2.51. The van der Waals surface area contributed by atoms with Crippen LogP contribution in [0.4, 0.5) is 0 Å². The van der Waals surface area contributed by atoms with E-state index in [0.29, 0.717) is 19.5 Å². The molecule has 2 aliphatic rings. The first kappa shape index (κ1) is 29.5. The summed E-state index contributed by atoms with van der Waals surface area (Å²) in [5, 5.41) is 13.3. The van der Waals surface area contributed by atoms with Crippen LogP contribution < -0.4 is 0 Å². The quantitative estimate of drug-likeness (QED) is 0.285. The van der Waals surface area contributed by atoms with E-state index < -0.39 is 12.2 Å². The molecule has 0 spiro atoms. The molecule has 3 amide bonds. The number of rotatable bonds is 9. The fourth-order valence-corrected chi connectivity index (χ4v) is 7.05. The highest BCUT2D eigenvalue weighted by Crippen LogP contribution is 2.32. The maximum Gasteiger partial charge on any atom is 0.246 e. The van der Waals surface area contributed by atoms with E-state index in [1.165, 1.54) is 0 Å². The Bertz CT molecular complexity index is 1690. The zero-order chi connectivity index (χ0) is 30.8. The van der Waals surface area contributed by atoms with E-state index in [-0.39, 0.29) is 49.4 Å². The zero-order valence-electron chi connectivity index (χ0n) is 24.6. The van der Waals surface area contributed by atoms with Gasteiger partial charge in [-0.25, -0.2) is 15.0 Å². The number of nitrogens with zero attached hydrogens (tertiary/aromatic N) is 5. The molecule has 3 heterocycles. The van der Waals surface area contributed by atoms with Gasteiger partial charge in [0.2, 0.25) is 17.7 Å². The number of fused-ring (bicyclic) bond motifs is 2. The molecule has 2 aliphatic heterocycles. The summed E-state index contributed by atoms with van der Waals surface area (Å²) in [7, 11) is 0. The van der Waals surface area contributed by atoms with Crippen LogP contribution in [0.25, 0.3) is 10.2 Å². The zero-order valence-corrected chi connectivity index (χ0v) is 25.4. The van der Waals surface area contributed by atoms with Crippen molar-refractivity contribution in [2.75, 3.05) is 19.6 Å². The number of thiazole rings is 1. The smallest absolute Gasteiger partial charge is 0.246 e. The Labute approximate surface area is 260 Å². The van der Waals surface area contributed by atoms with E-state index in [0.717, 1.165) is 32.5 Å². The minimum Gasteiger partial charge on any atom is -0.508 e. The van der Waals surface area contributed by atoms with Crippen LogP contribution in [0.15, 0.2) is 84.9 Å². The van der Waals surface area contributed by atoms with E-state index in [2.05, 4.69) is 11.6 Å². The van der Waals surface area contributed by atoms with Gasteiger partial charge in [0.1, 0.15) is 18.0 Å². The summed E-state index contributed by atoms with van der Waals surface area (Å²) >= 11 is 1.57. The van der Waals surface area contributed by atoms with Crippen LogP contribution in [0.3, 0.4) is 0 Å². The maximum atomic E-state index is 14.3. The van der Waals surface area contributed by atoms with E-state index in [1.807, 2.05) is 54.9 Å². The Hall–Kier alpha value is -4.54. The third-order valence-electron chi connectivity index (χ3n) is 8.39. The second-order valence-electron chi connectivity index (χ2n) is 11.3. The van der Waals surface area contributed by atoms with Crippen LogP contribution in [-0.4, -0.2) is 79.5 Å². The first-order valence-corrected chi connectivity index (χ1v) is 15.6. The van der Waals surface area contributed by atoms with Gasteiger partial charge in [-0.1, -0.05) is 60.7 Å². The van der Waals surface area contributed by atoms with Crippen LogP contribution in [0.1, 0.15) is 28.7 Å². The minimum atomic E-state index is -0.822. The molecule has 44 heavy (non-hydrogen) atoms. The van der Waals surface area contributed by atoms with E-state index in [4.69, 9.17) is 0 Å². The van der Waals surface area contributed by atoms with Crippen LogP contribution in [-0.2, 0) is 33.8 Å². The highest BCUT2D eigenvalue weighted by molar-refractivity contribution is 7.17. The second-order valence-corrected chi connectivity index (χ2v) is 12.2. The van der Waals surface area contributed by atoms with Crippen LogP contribution in [0.2, 0.25) is 0 Å². The van der Waals surface area contributed by atoms with Gasteiger partial charge in [-0.05, 0) is 47.7 Å². The first-order valence-electron chi connectivity index (χ1n) is 14.8. The van der Waals surface area contributed by atoms with Crippen molar-refractivity contribution >= 4 is 39.3 Å². The molecule has 2 fully saturated rings. The molecule has 0 bridgehead atoms. The number of hydrogen-bond acceptors (Lipinski definition) is 7. The number of piperazine rings is 1. The van der Waals surface area contributed by atoms with Crippen LogP contribution in [0, 0.1) is 6.92 Å². The number of hydrazine groups is 1. The summed E-state index contributed by atoms with van der Waals surface area (Å²) in [4.78, 5) is 50.1. The Morgan fingerprint density at radius 1 is 1.07 bits per heavy atom. The number of hydrogen-bond donors (Lipinski definition) is 1. The van der Waals surface area contributed by atoms with Crippen molar-refractivity contribution in [3.8, 4) is 5.75 Å². The number of aromatic hydroxyl groups is 1. The summed E-state index contributed by atoms with van der Waals surface area (Å²) in [6, 6.07) is 19.7. The fraction of sp³-hybridized carbons (Fsp3) is 0.294. The van der Waals surface area contributed by atoms with Gasteiger partial charge in [0.15, 0.2) is 0 Å². The van der Waals surface area contributed by atoms with Gasteiger partial charge in [-0.3, -0.25) is 14.4 Å². The summed E-state index contributed by atoms with van der Waals surface area (Å²) < 4.78 is 1.08. The summed E-state index contributed by atoms with van der Waals surface area (Å²) in [6.07, 6.45) is 2.07. The molecule has 2 atom stereocenters.